The highest BCUT2D eigenvalue weighted by molar-refractivity contribution is 7.91. The van der Waals surface area contributed by atoms with Crippen molar-refractivity contribution in [3.8, 4) is 0 Å². The van der Waals surface area contributed by atoms with Gasteiger partial charge in [-0.3, -0.25) is 9.48 Å². The predicted octanol–water partition coefficient (Wildman–Crippen LogP) is 2.22. The Morgan fingerprint density at radius 2 is 2.12 bits per heavy atom. The van der Waals surface area contributed by atoms with Crippen molar-refractivity contribution in [3.63, 3.8) is 0 Å². The number of carbonyl (C=O) groups is 1. The normalized spacial score (nSPS) is 20.5. The Morgan fingerprint density at radius 1 is 1.38 bits per heavy atom. The summed E-state index contributed by atoms with van der Waals surface area (Å²) in [6, 6.07) is 3.34. The van der Waals surface area contributed by atoms with Gasteiger partial charge in [0.1, 0.15) is 0 Å². The summed E-state index contributed by atoms with van der Waals surface area (Å²) < 4.78 is 25.8. The van der Waals surface area contributed by atoms with E-state index in [4.69, 9.17) is 0 Å². The summed E-state index contributed by atoms with van der Waals surface area (Å²) >= 11 is 1.48. The number of sulfone groups is 1. The molecule has 0 unspecified atom stereocenters. The zero-order chi connectivity index (χ0) is 17.5. The van der Waals surface area contributed by atoms with Crippen LogP contribution in [0.25, 0.3) is 0 Å². The van der Waals surface area contributed by atoms with Gasteiger partial charge in [-0.25, -0.2) is 8.42 Å². The Morgan fingerprint density at radius 3 is 2.71 bits per heavy atom. The number of rotatable bonds is 3. The molecular formula is C16H21N3O3S2. The smallest absolute Gasteiger partial charge is 0.264 e. The molecule has 24 heavy (non-hydrogen) atoms. The second kappa shape index (κ2) is 6.33. The van der Waals surface area contributed by atoms with E-state index in [1.807, 2.05) is 12.1 Å². The van der Waals surface area contributed by atoms with E-state index < -0.39 is 15.9 Å². The standard InChI is InChI=1S/C16H21N3O3S2/c1-11(2)14-4-5-15(23-14)16(20)19-6-7-24(21,22)10-13(19)12-8-17-18(3)9-12/h4-5,8-9,11,13H,6-7,10H2,1-3H3/t13-/m0/s1. The van der Waals surface area contributed by atoms with Gasteiger partial charge in [0, 0.05) is 30.2 Å². The maximum atomic E-state index is 13.0. The molecule has 1 fully saturated rings. The van der Waals surface area contributed by atoms with Crippen LogP contribution < -0.4 is 0 Å². The Kier molecular flexibility index (Phi) is 4.52. The van der Waals surface area contributed by atoms with Gasteiger partial charge >= 0.3 is 0 Å². The molecule has 3 rings (SSSR count). The van der Waals surface area contributed by atoms with Crippen molar-refractivity contribution in [2.24, 2.45) is 7.05 Å². The highest BCUT2D eigenvalue weighted by Crippen LogP contribution is 2.31. The molecule has 1 aliphatic heterocycles. The molecule has 1 atom stereocenters. The van der Waals surface area contributed by atoms with Crippen molar-refractivity contribution >= 4 is 27.1 Å². The van der Waals surface area contributed by atoms with E-state index >= 15 is 0 Å². The van der Waals surface area contributed by atoms with Crippen molar-refractivity contribution in [2.75, 3.05) is 18.1 Å². The van der Waals surface area contributed by atoms with E-state index in [2.05, 4.69) is 18.9 Å². The minimum absolute atomic E-state index is 0.0118. The number of aromatic nitrogens is 2. The van der Waals surface area contributed by atoms with Gasteiger partial charge in [-0.15, -0.1) is 11.3 Å². The highest BCUT2D eigenvalue weighted by atomic mass is 32.2. The average Bonchev–Trinajstić information content (AvgIpc) is 3.14. The summed E-state index contributed by atoms with van der Waals surface area (Å²) in [6.45, 7) is 4.40. The van der Waals surface area contributed by atoms with E-state index in [-0.39, 0.29) is 24.0 Å². The van der Waals surface area contributed by atoms with Gasteiger partial charge in [0.15, 0.2) is 9.84 Å². The molecule has 1 amide bonds. The summed E-state index contributed by atoms with van der Waals surface area (Å²) in [4.78, 5) is 16.4. The number of carbonyl (C=O) groups excluding carboxylic acids is 1. The van der Waals surface area contributed by atoms with Crippen LogP contribution in [0.15, 0.2) is 24.5 Å². The van der Waals surface area contributed by atoms with Gasteiger partial charge < -0.3 is 4.90 Å². The van der Waals surface area contributed by atoms with Gasteiger partial charge in [0.25, 0.3) is 5.91 Å². The summed E-state index contributed by atoms with van der Waals surface area (Å²) in [5, 5.41) is 4.12. The molecule has 0 bridgehead atoms. The quantitative estimate of drug-likeness (QED) is 0.834. The van der Waals surface area contributed by atoms with Crippen molar-refractivity contribution in [1.82, 2.24) is 14.7 Å². The monoisotopic (exact) mass is 367 g/mol. The second-order valence-corrected chi connectivity index (χ2v) is 9.78. The topological polar surface area (TPSA) is 72.3 Å². The Balaban J connectivity index is 1.92. The Bertz CT molecular complexity index is 852. The lowest BCUT2D eigenvalue weighted by Crippen LogP contribution is -2.45. The molecule has 130 valence electrons. The number of nitrogens with zero attached hydrogens (tertiary/aromatic N) is 3. The predicted molar refractivity (Wildman–Crippen MR) is 94.0 cm³/mol. The number of hydrogen-bond donors (Lipinski definition) is 0. The van der Waals surface area contributed by atoms with E-state index in [9.17, 15) is 13.2 Å². The fourth-order valence-electron chi connectivity index (χ4n) is 2.86. The van der Waals surface area contributed by atoms with Crippen LogP contribution in [-0.4, -0.2) is 47.1 Å². The van der Waals surface area contributed by atoms with Crippen molar-refractivity contribution < 1.29 is 13.2 Å². The molecule has 0 spiro atoms. The lowest BCUT2D eigenvalue weighted by molar-refractivity contribution is 0.0702. The molecule has 0 radical (unpaired) electrons. The van der Waals surface area contributed by atoms with Crippen LogP contribution in [0.3, 0.4) is 0 Å². The molecule has 6 nitrogen and oxygen atoms in total. The fraction of sp³-hybridized carbons (Fsp3) is 0.500. The van der Waals surface area contributed by atoms with Gasteiger partial charge in [-0.2, -0.15) is 5.10 Å². The molecule has 0 aliphatic carbocycles. The number of amides is 1. The molecule has 2 aromatic rings. The molecule has 8 heteroatoms. The fourth-order valence-corrected chi connectivity index (χ4v) is 5.32. The minimum Gasteiger partial charge on any atom is -0.329 e. The van der Waals surface area contributed by atoms with Crippen LogP contribution in [0.5, 0.6) is 0 Å². The lowest BCUT2D eigenvalue weighted by atomic mass is 10.1. The van der Waals surface area contributed by atoms with Crippen molar-refractivity contribution in [2.45, 2.75) is 25.8 Å². The lowest BCUT2D eigenvalue weighted by Gasteiger charge is -2.34. The van der Waals surface area contributed by atoms with Crippen LogP contribution in [0.4, 0.5) is 0 Å². The molecule has 0 N–H and O–H groups in total. The van der Waals surface area contributed by atoms with E-state index in [1.54, 1.807) is 29.0 Å². The maximum Gasteiger partial charge on any atom is 0.264 e. The largest absolute Gasteiger partial charge is 0.329 e. The molecule has 1 saturated heterocycles. The van der Waals surface area contributed by atoms with Crippen LogP contribution in [0.1, 0.15) is 45.9 Å². The molecule has 0 saturated carbocycles. The van der Waals surface area contributed by atoms with Gasteiger partial charge in [0.05, 0.1) is 28.6 Å². The highest BCUT2D eigenvalue weighted by Gasteiger charge is 2.36. The molecule has 3 heterocycles. The number of hydrogen-bond acceptors (Lipinski definition) is 5. The van der Waals surface area contributed by atoms with Gasteiger partial charge in [-0.1, -0.05) is 13.8 Å². The summed E-state index contributed by atoms with van der Waals surface area (Å²) in [5.41, 5.74) is 0.759. The zero-order valence-corrected chi connectivity index (χ0v) is 15.6. The molecule has 1 aliphatic rings. The van der Waals surface area contributed by atoms with E-state index in [1.165, 1.54) is 11.3 Å². The maximum absolute atomic E-state index is 13.0. The first-order valence-electron chi connectivity index (χ1n) is 7.86. The van der Waals surface area contributed by atoms with Gasteiger partial charge in [-0.05, 0) is 18.1 Å². The summed E-state index contributed by atoms with van der Waals surface area (Å²) in [5.74, 6) is 0.230. The summed E-state index contributed by atoms with van der Waals surface area (Å²) in [6.07, 6.45) is 3.42. The van der Waals surface area contributed by atoms with Crippen LogP contribution >= 0.6 is 11.3 Å². The van der Waals surface area contributed by atoms with Crippen molar-refractivity contribution in [3.05, 3.63) is 39.8 Å². The average molecular weight is 367 g/mol. The van der Waals surface area contributed by atoms with E-state index in [0.29, 0.717) is 10.8 Å². The van der Waals surface area contributed by atoms with Gasteiger partial charge in [0.2, 0.25) is 0 Å². The third-order valence-corrected chi connectivity index (χ3v) is 7.21. The third kappa shape index (κ3) is 3.39. The van der Waals surface area contributed by atoms with Crippen LogP contribution in [0.2, 0.25) is 0 Å². The number of thiophene rings is 1. The summed E-state index contributed by atoms with van der Waals surface area (Å²) in [7, 11) is -1.38. The number of aryl methyl sites for hydroxylation is 1. The molecular weight excluding hydrogens is 346 g/mol. The first kappa shape index (κ1) is 17.2. The molecule has 2 aromatic heterocycles. The van der Waals surface area contributed by atoms with Crippen LogP contribution in [0, 0.1) is 0 Å². The first-order chi connectivity index (χ1) is 11.3. The van der Waals surface area contributed by atoms with E-state index in [0.717, 1.165) is 10.4 Å². The van der Waals surface area contributed by atoms with Crippen LogP contribution in [-0.2, 0) is 16.9 Å². The SMILES string of the molecule is CC(C)c1ccc(C(=O)N2CCS(=O)(=O)C[C@H]2c2cnn(C)c2)s1. The zero-order valence-electron chi connectivity index (χ0n) is 14.0. The Hall–Kier alpha value is -1.67. The first-order valence-corrected chi connectivity index (χ1v) is 10.5. The third-order valence-electron chi connectivity index (χ3n) is 4.21. The molecule has 0 aromatic carbocycles. The van der Waals surface area contributed by atoms with Crippen molar-refractivity contribution in [1.29, 1.82) is 0 Å². The Labute approximate surface area is 146 Å². The minimum atomic E-state index is -3.16. The second-order valence-electron chi connectivity index (χ2n) is 6.43.